The van der Waals surface area contributed by atoms with Crippen molar-refractivity contribution in [3.05, 3.63) is 0 Å². The zero-order chi connectivity index (χ0) is 12.8. The molecule has 2 aliphatic rings. The van der Waals surface area contributed by atoms with Gasteiger partial charge in [-0.2, -0.15) is 11.8 Å². The van der Waals surface area contributed by atoms with Crippen LogP contribution in [0.1, 0.15) is 19.3 Å². The van der Waals surface area contributed by atoms with E-state index in [1.165, 1.54) is 5.75 Å². The van der Waals surface area contributed by atoms with Crippen molar-refractivity contribution >= 4 is 17.7 Å². The van der Waals surface area contributed by atoms with Gasteiger partial charge in [-0.15, -0.1) is 0 Å². The Kier molecular flexibility index (Phi) is 5.79. The Morgan fingerprint density at radius 3 is 2.89 bits per heavy atom. The number of amides is 1. The summed E-state index contributed by atoms with van der Waals surface area (Å²) in [6.07, 6.45) is 2.83. The van der Waals surface area contributed by atoms with Gasteiger partial charge in [0.15, 0.2) is 0 Å². The predicted molar refractivity (Wildman–Crippen MR) is 74.9 cm³/mol. The molecule has 1 N–H and O–H groups in total. The highest BCUT2D eigenvalue weighted by Crippen LogP contribution is 2.17. The maximum Gasteiger partial charge on any atom is 0.223 e. The van der Waals surface area contributed by atoms with Crippen molar-refractivity contribution in [2.75, 3.05) is 44.9 Å². The first-order valence-corrected chi connectivity index (χ1v) is 8.04. The molecule has 4 nitrogen and oxygen atoms in total. The normalized spacial score (nSPS) is 25.9. The fourth-order valence-electron chi connectivity index (χ4n) is 2.54. The molecule has 5 heteroatoms. The van der Waals surface area contributed by atoms with Crippen LogP contribution in [0.25, 0.3) is 0 Å². The quantitative estimate of drug-likeness (QED) is 0.828. The van der Waals surface area contributed by atoms with Gasteiger partial charge in [0.2, 0.25) is 5.91 Å². The van der Waals surface area contributed by atoms with Crippen LogP contribution < -0.4 is 5.32 Å². The van der Waals surface area contributed by atoms with E-state index in [2.05, 4.69) is 5.32 Å². The van der Waals surface area contributed by atoms with Gasteiger partial charge in [-0.1, -0.05) is 0 Å². The first kappa shape index (κ1) is 14.2. The monoisotopic (exact) mass is 272 g/mol. The zero-order valence-corrected chi connectivity index (χ0v) is 12.0. The number of hydrogen-bond acceptors (Lipinski definition) is 4. The van der Waals surface area contributed by atoms with E-state index in [1.807, 2.05) is 23.7 Å². The molecule has 2 saturated heterocycles. The third-order valence-corrected chi connectivity index (χ3v) is 4.85. The molecular weight excluding hydrogens is 248 g/mol. The second-order valence-electron chi connectivity index (χ2n) is 5.26. The smallest absolute Gasteiger partial charge is 0.223 e. The molecule has 18 heavy (non-hydrogen) atoms. The van der Waals surface area contributed by atoms with Gasteiger partial charge in [-0.05, 0) is 18.8 Å². The zero-order valence-electron chi connectivity index (χ0n) is 11.2. The van der Waals surface area contributed by atoms with Gasteiger partial charge in [-0.25, -0.2) is 0 Å². The summed E-state index contributed by atoms with van der Waals surface area (Å²) >= 11 is 1.94. The van der Waals surface area contributed by atoms with Gasteiger partial charge in [0, 0.05) is 57.3 Å². The minimum atomic E-state index is 0.279. The molecule has 2 heterocycles. The van der Waals surface area contributed by atoms with Crippen LogP contribution in [0.5, 0.6) is 0 Å². The van der Waals surface area contributed by atoms with Crippen molar-refractivity contribution in [2.24, 2.45) is 5.92 Å². The molecule has 104 valence electrons. The Bertz CT molecular complexity index is 264. The van der Waals surface area contributed by atoms with Gasteiger partial charge in [0.1, 0.15) is 0 Å². The van der Waals surface area contributed by atoms with Crippen LogP contribution in [0.4, 0.5) is 0 Å². The lowest BCUT2D eigenvalue weighted by molar-refractivity contribution is -0.131. The SMILES string of the molecule is CN(CC1CCOCC1)C(=O)CC1CSCCN1. The second-order valence-corrected chi connectivity index (χ2v) is 6.41. The maximum absolute atomic E-state index is 12.1. The minimum Gasteiger partial charge on any atom is -0.381 e. The number of nitrogens with zero attached hydrogens (tertiary/aromatic N) is 1. The van der Waals surface area contributed by atoms with Crippen LogP contribution in [0, 0.1) is 5.92 Å². The average Bonchev–Trinajstić information content (AvgIpc) is 2.41. The van der Waals surface area contributed by atoms with Gasteiger partial charge in [0.25, 0.3) is 0 Å². The Morgan fingerprint density at radius 2 is 2.22 bits per heavy atom. The summed E-state index contributed by atoms with van der Waals surface area (Å²) in [4.78, 5) is 14.0. The van der Waals surface area contributed by atoms with Gasteiger partial charge in [0.05, 0.1) is 0 Å². The lowest BCUT2D eigenvalue weighted by Gasteiger charge is -2.29. The number of hydrogen-bond donors (Lipinski definition) is 1. The number of ether oxygens (including phenoxy) is 1. The number of carbonyl (C=O) groups is 1. The van der Waals surface area contributed by atoms with E-state index in [-0.39, 0.29) is 5.91 Å². The minimum absolute atomic E-state index is 0.279. The summed E-state index contributed by atoms with van der Waals surface area (Å²) in [6.45, 7) is 3.63. The highest BCUT2D eigenvalue weighted by molar-refractivity contribution is 7.99. The average molecular weight is 272 g/mol. The highest BCUT2D eigenvalue weighted by atomic mass is 32.2. The summed E-state index contributed by atoms with van der Waals surface area (Å²) < 4.78 is 5.35. The lowest BCUT2D eigenvalue weighted by Crippen LogP contribution is -2.43. The van der Waals surface area contributed by atoms with E-state index in [4.69, 9.17) is 4.74 Å². The van der Waals surface area contributed by atoms with Gasteiger partial charge >= 0.3 is 0 Å². The molecular formula is C13H24N2O2S. The third-order valence-electron chi connectivity index (χ3n) is 3.72. The van der Waals surface area contributed by atoms with Gasteiger partial charge < -0.3 is 15.0 Å². The summed E-state index contributed by atoms with van der Waals surface area (Å²) in [6, 6.07) is 0.369. The predicted octanol–water partition coefficient (Wildman–Crippen LogP) is 0.967. The maximum atomic E-state index is 12.1. The molecule has 2 fully saturated rings. The van der Waals surface area contributed by atoms with Gasteiger partial charge in [-0.3, -0.25) is 4.79 Å². The van der Waals surface area contributed by atoms with Crippen LogP contribution in [-0.4, -0.2) is 61.7 Å². The molecule has 0 aromatic carbocycles. The van der Waals surface area contributed by atoms with E-state index in [1.54, 1.807) is 0 Å². The Labute approximate surface area is 114 Å². The van der Waals surface area contributed by atoms with Crippen LogP contribution in [0.3, 0.4) is 0 Å². The summed E-state index contributed by atoms with van der Waals surface area (Å²) in [5.74, 6) is 3.14. The molecule has 1 amide bonds. The Balaban J connectivity index is 1.69. The van der Waals surface area contributed by atoms with Crippen LogP contribution >= 0.6 is 11.8 Å². The van der Waals surface area contributed by atoms with Crippen molar-refractivity contribution in [1.82, 2.24) is 10.2 Å². The number of thioether (sulfide) groups is 1. The summed E-state index contributed by atoms with van der Waals surface area (Å²) in [7, 11) is 1.94. The molecule has 0 aromatic heterocycles. The number of carbonyl (C=O) groups excluding carboxylic acids is 1. The van der Waals surface area contributed by atoms with E-state index in [0.29, 0.717) is 18.4 Å². The highest BCUT2D eigenvalue weighted by Gasteiger charge is 2.22. The topological polar surface area (TPSA) is 41.6 Å². The van der Waals surface area contributed by atoms with Crippen LogP contribution in [0.2, 0.25) is 0 Å². The van der Waals surface area contributed by atoms with E-state index in [9.17, 15) is 4.79 Å². The van der Waals surface area contributed by atoms with Crippen molar-refractivity contribution < 1.29 is 9.53 Å². The first-order chi connectivity index (χ1) is 8.75. The van der Waals surface area contributed by atoms with E-state index in [0.717, 1.165) is 44.9 Å². The van der Waals surface area contributed by atoms with Crippen LogP contribution in [0.15, 0.2) is 0 Å². The molecule has 0 bridgehead atoms. The molecule has 2 rings (SSSR count). The molecule has 2 aliphatic heterocycles. The second kappa shape index (κ2) is 7.36. The largest absolute Gasteiger partial charge is 0.381 e. The van der Waals surface area contributed by atoms with Crippen molar-refractivity contribution in [3.8, 4) is 0 Å². The molecule has 0 radical (unpaired) electrons. The molecule has 1 atom stereocenters. The number of rotatable bonds is 4. The first-order valence-electron chi connectivity index (χ1n) is 6.88. The standard InChI is InChI=1S/C13H24N2O2S/c1-15(9-11-2-5-17-6-3-11)13(16)8-12-10-18-7-4-14-12/h11-12,14H,2-10H2,1H3. The number of nitrogens with one attached hydrogen (secondary N) is 1. The van der Waals surface area contributed by atoms with Crippen LogP contribution in [-0.2, 0) is 9.53 Å². The summed E-state index contributed by atoms with van der Waals surface area (Å²) in [5, 5.41) is 3.42. The molecule has 0 saturated carbocycles. The molecule has 0 aromatic rings. The van der Waals surface area contributed by atoms with E-state index >= 15 is 0 Å². The molecule has 0 aliphatic carbocycles. The van der Waals surface area contributed by atoms with E-state index < -0.39 is 0 Å². The van der Waals surface area contributed by atoms with Crippen molar-refractivity contribution in [3.63, 3.8) is 0 Å². The Morgan fingerprint density at radius 1 is 1.44 bits per heavy atom. The van der Waals surface area contributed by atoms with Crippen molar-refractivity contribution in [2.45, 2.75) is 25.3 Å². The fraction of sp³-hybridized carbons (Fsp3) is 0.923. The Hall–Kier alpha value is -0.260. The molecule has 0 spiro atoms. The lowest BCUT2D eigenvalue weighted by atomic mass is 9.99. The fourth-order valence-corrected chi connectivity index (χ4v) is 3.48. The van der Waals surface area contributed by atoms with Crippen molar-refractivity contribution in [1.29, 1.82) is 0 Å². The molecule has 1 unspecified atom stereocenters. The summed E-state index contributed by atoms with van der Waals surface area (Å²) in [5.41, 5.74) is 0. The third kappa shape index (κ3) is 4.44.